The molecule has 1 fully saturated rings. The van der Waals surface area contributed by atoms with E-state index in [1.165, 1.54) is 6.07 Å². The van der Waals surface area contributed by atoms with Crippen LogP contribution in [-0.2, 0) is 4.74 Å². The fourth-order valence-electron chi connectivity index (χ4n) is 2.05. The third kappa shape index (κ3) is 3.64. The lowest BCUT2D eigenvalue weighted by Gasteiger charge is -2.20. The number of carbonyl (C=O) groups excluding carboxylic acids is 1. The van der Waals surface area contributed by atoms with E-state index in [1.54, 1.807) is 0 Å². The highest BCUT2D eigenvalue weighted by Gasteiger charge is 2.23. The van der Waals surface area contributed by atoms with Crippen LogP contribution in [0.15, 0.2) is 18.2 Å². The molecule has 1 aliphatic rings. The molecule has 2 N–H and O–H groups in total. The summed E-state index contributed by atoms with van der Waals surface area (Å²) >= 11 is 0. The zero-order valence-electron chi connectivity index (χ0n) is 10.6. The molecule has 1 saturated heterocycles. The Kier molecular flexibility index (Phi) is 4.31. The van der Waals surface area contributed by atoms with Crippen LogP contribution in [0.4, 0.5) is 19.3 Å². The van der Waals surface area contributed by atoms with Gasteiger partial charge in [0, 0.05) is 12.7 Å². The largest absolute Gasteiger partial charge is 0.376 e. The van der Waals surface area contributed by atoms with Gasteiger partial charge in [0.05, 0.1) is 17.8 Å². The number of rotatable bonds is 3. The van der Waals surface area contributed by atoms with E-state index in [9.17, 15) is 13.6 Å². The first kappa shape index (κ1) is 13.7. The molecule has 0 bridgehead atoms. The molecule has 2 rings (SSSR count). The number of nitrogens with one attached hydrogen (secondary N) is 2. The van der Waals surface area contributed by atoms with Crippen molar-refractivity contribution in [3.63, 3.8) is 0 Å². The average molecular weight is 270 g/mol. The first-order chi connectivity index (χ1) is 9.06. The third-order valence-electron chi connectivity index (χ3n) is 3.06. The van der Waals surface area contributed by atoms with Crippen molar-refractivity contribution >= 4 is 11.7 Å². The van der Waals surface area contributed by atoms with Gasteiger partial charge in [0.15, 0.2) is 0 Å². The van der Waals surface area contributed by atoms with Crippen LogP contribution in [0.1, 0.15) is 19.8 Å². The molecule has 1 heterocycles. The number of benzene rings is 1. The van der Waals surface area contributed by atoms with Crippen LogP contribution in [0.2, 0.25) is 0 Å². The van der Waals surface area contributed by atoms with E-state index in [4.69, 9.17) is 4.74 Å². The monoisotopic (exact) mass is 270 g/mol. The lowest BCUT2D eigenvalue weighted by molar-refractivity contribution is 0.0868. The van der Waals surface area contributed by atoms with Crippen molar-refractivity contribution < 1.29 is 18.3 Å². The minimum absolute atomic E-state index is 0.0104. The van der Waals surface area contributed by atoms with Crippen molar-refractivity contribution in [1.29, 1.82) is 0 Å². The molecule has 2 atom stereocenters. The van der Waals surface area contributed by atoms with Crippen LogP contribution in [0, 0.1) is 11.6 Å². The molecule has 0 unspecified atom stereocenters. The van der Waals surface area contributed by atoms with Gasteiger partial charge >= 0.3 is 6.03 Å². The summed E-state index contributed by atoms with van der Waals surface area (Å²) in [6.45, 7) is 2.53. The second kappa shape index (κ2) is 5.97. The summed E-state index contributed by atoms with van der Waals surface area (Å²) in [5.74, 6) is -1.49. The molecule has 0 saturated carbocycles. The van der Waals surface area contributed by atoms with E-state index in [-0.39, 0.29) is 17.8 Å². The van der Waals surface area contributed by atoms with Crippen LogP contribution in [0.5, 0.6) is 0 Å². The molecule has 4 nitrogen and oxygen atoms in total. The van der Waals surface area contributed by atoms with Crippen LogP contribution in [0.3, 0.4) is 0 Å². The SMILES string of the molecule is C[C@@H](NC(=O)Nc1ccc(F)cc1F)[C@@H]1CCCO1. The van der Waals surface area contributed by atoms with E-state index in [1.807, 2.05) is 6.92 Å². The van der Waals surface area contributed by atoms with Gasteiger partial charge in [0.1, 0.15) is 11.6 Å². The standard InChI is InChI=1S/C13H16F2N2O2/c1-8(12-3-2-6-19-12)16-13(18)17-11-5-4-9(14)7-10(11)15/h4-5,7-8,12H,2-3,6H2,1H3,(H2,16,17,18)/t8-,12+/m1/s1. The van der Waals surface area contributed by atoms with Crippen LogP contribution in [-0.4, -0.2) is 24.8 Å². The first-order valence-electron chi connectivity index (χ1n) is 6.20. The van der Waals surface area contributed by atoms with Crippen molar-refractivity contribution in [2.24, 2.45) is 0 Å². The van der Waals surface area contributed by atoms with Gasteiger partial charge in [0.25, 0.3) is 0 Å². The minimum atomic E-state index is -0.806. The Morgan fingerprint density at radius 3 is 2.89 bits per heavy atom. The third-order valence-corrected chi connectivity index (χ3v) is 3.06. The number of anilines is 1. The van der Waals surface area contributed by atoms with Crippen molar-refractivity contribution in [3.8, 4) is 0 Å². The van der Waals surface area contributed by atoms with Crippen molar-refractivity contribution in [3.05, 3.63) is 29.8 Å². The molecular weight excluding hydrogens is 254 g/mol. The Balaban J connectivity index is 1.89. The summed E-state index contributed by atoms with van der Waals surface area (Å²) in [5, 5.41) is 5.02. The smallest absolute Gasteiger partial charge is 0.319 e. The maximum absolute atomic E-state index is 13.3. The number of ether oxygens (including phenoxy) is 1. The molecule has 0 spiro atoms. The molecule has 0 aromatic heterocycles. The predicted molar refractivity (Wildman–Crippen MR) is 66.9 cm³/mol. The van der Waals surface area contributed by atoms with Gasteiger partial charge in [-0.3, -0.25) is 0 Å². The number of halogens is 2. The molecule has 104 valence electrons. The first-order valence-corrected chi connectivity index (χ1v) is 6.20. The molecule has 0 radical (unpaired) electrons. The van der Waals surface area contributed by atoms with Crippen molar-refractivity contribution in [1.82, 2.24) is 5.32 Å². The van der Waals surface area contributed by atoms with Crippen LogP contribution < -0.4 is 10.6 Å². The summed E-state index contributed by atoms with van der Waals surface area (Å²) < 4.78 is 31.5. The minimum Gasteiger partial charge on any atom is -0.376 e. The summed E-state index contributed by atoms with van der Waals surface area (Å²) in [6, 6.07) is 2.29. The molecule has 1 aromatic rings. The van der Waals surface area contributed by atoms with E-state index in [0.717, 1.165) is 25.0 Å². The van der Waals surface area contributed by atoms with E-state index in [0.29, 0.717) is 6.61 Å². The van der Waals surface area contributed by atoms with E-state index in [2.05, 4.69) is 10.6 Å². The van der Waals surface area contributed by atoms with Gasteiger partial charge in [-0.05, 0) is 31.9 Å². The second-order valence-corrected chi connectivity index (χ2v) is 4.56. The number of amides is 2. The highest BCUT2D eigenvalue weighted by molar-refractivity contribution is 5.89. The summed E-state index contributed by atoms with van der Waals surface area (Å²) in [5.41, 5.74) is -0.0570. The number of urea groups is 1. The Labute approximate surface area is 110 Å². The summed E-state index contributed by atoms with van der Waals surface area (Å²) in [4.78, 5) is 11.7. The molecule has 19 heavy (non-hydrogen) atoms. The highest BCUT2D eigenvalue weighted by Crippen LogP contribution is 2.17. The zero-order chi connectivity index (χ0) is 13.8. The number of hydrogen-bond donors (Lipinski definition) is 2. The Morgan fingerprint density at radius 1 is 1.47 bits per heavy atom. The van der Waals surface area contributed by atoms with Gasteiger partial charge in [-0.2, -0.15) is 0 Å². The number of hydrogen-bond acceptors (Lipinski definition) is 2. The Hall–Kier alpha value is -1.69. The summed E-state index contributed by atoms with van der Waals surface area (Å²) in [7, 11) is 0. The highest BCUT2D eigenvalue weighted by atomic mass is 19.1. The number of carbonyl (C=O) groups is 1. The Morgan fingerprint density at radius 2 is 2.26 bits per heavy atom. The Bertz CT molecular complexity index is 462. The molecule has 0 aliphatic carbocycles. The van der Waals surface area contributed by atoms with Crippen molar-refractivity contribution in [2.75, 3.05) is 11.9 Å². The summed E-state index contributed by atoms with van der Waals surface area (Å²) in [6.07, 6.45) is 1.86. The predicted octanol–water partition coefficient (Wildman–Crippen LogP) is 2.65. The normalized spacial score (nSPS) is 20.1. The van der Waals surface area contributed by atoms with E-state index >= 15 is 0 Å². The van der Waals surface area contributed by atoms with E-state index < -0.39 is 17.7 Å². The lowest BCUT2D eigenvalue weighted by Crippen LogP contribution is -2.43. The fourth-order valence-corrected chi connectivity index (χ4v) is 2.05. The fraction of sp³-hybridized carbons (Fsp3) is 0.462. The average Bonchev–Trinajstić information content (AvgIpc) is 2.86. The quantitative estimate of drug-likeness (QED) is 0.887. The van der Waals surface area contributed by atoms with Gasteiger partial charge in [-0.15, -0.1) is 0 Å². The van der Waals surface area contributed by atoms with Gasteiger partial charge in [-0.25, -0.2) is 13.6 Å². The lowest BCUT2D eigenvalue weighted by atomic mass is 10.1. The van der Waals surface area contributed by atoms with Gasteiger partial charge in [0.2, 0.25) is 0 Å². The van der Waals surface area contributed by atoms with Crippen molar-refractivity contribution in [2.45, 2.75) is 31.9 Å². The molecular formula is C13H16F2N2O2. The van der Waals surface area contributed by atoms with Crippen LogP contribution in [0.25, 0.3) is 0 Å². The topological polar surface area (TPSA) is 50.4 Å². The van der Waals surface area contributed by atoms with Crippen LogP contribution >= 0.6 is 0 Å². The molecule has 2 amide bonds. The zero-order valence-corrected chi connectivity index (χ0v) is 10.6. The molecule has 1 aromatic carbocycles. The maximum Gasteiger partial charge on any atom is 0.319 e. The second-order valence-electron chi connectivity index (χ2n) is 4.56. The maximum atomic E-state index is 13.3. The van der Waals surface area contributed by atoms with Gasteiger partial charge < -0.3 is 15.4 Å². The van der Waals surface area contributed by atoms with Gasteiger partial charge in [-0.1, -0.05) is 0 Å². The molecule has 1 aliphatic heterocycles. The molecule has 6 heteroatoms.